The monoisotopic (exact) mass is 853 g/mol. The van der Waals surface area contributed by atoms with E-state index in [1.54, 1.807) is 14.2 Å². The van der Waals surface area contributed by atoms with E-state index in [4.69, 9.17) is 9.47 Å². The number of nitrogens with zero attached hydrogens (tertiary/aromatic N) is 3. The fourth-order valence-electron chi connectivity index (χ4n) is 10.7. The molecule has 66 heavy (non-hydrogen) atoms. The molecule has 5 heteroatoms. The minimum atomic E-state index is -0.779. The van der Waals surface area contributed by atoms with Crippen LogP contribution in [0.3, 0.4) is 0 Å². The van der Waals surface area contributed by atoms with E-state index in [0.717, 1.165) is 51.2 Å². The standard InChI is InChI=1S/C61H47N3O2/c1-40-16-24-44(25-17-40)62(45-26-18-41(2)19-27-45)48-28-22-42-20-21-43-23-29-49(63(46-30-34-50(65-3)35-31-46)47-32-36-51(66-4)37-33-47)39-57(43)61(56(42)38-48)54-12-6-8-15-59(54)64-58-14-7-5-10-52(58)53-11-9-13-55(61)60(53)64/h5-39H,1-4H3. The Balaban J connectivity index is 1.20. The second kappa shape index (κ2) is 15.5. The quantitative estimate of drug-likeness (QED) is 0.152. The number of aryl methyl sites for hydroxylation is 2. The molecule has 0 N–H and O–H groups in total. The van der Waals surface area contributed by atoms with Crippen LogP contribution in [0.1, 0.15) is 44.5 Å². The van der Waals surface area contributed by atoms with Crippen molar-refractivity contribution in [3.05, 3.63) is 245 Å². The van der Waals surface area contributed by atoms with Gasteiger partial charge in [-0.1, -0.05) is 114 Å². The van der Waals surface area contributed by atoms with Crippen LogP contribution in [0.5, 0.6) is 11.5 Å². The van der Waals surface area contributed by atoms with E-state index in [9.17, 15) is 0 Å². The van der Waals surface area contributed by atoms with Crippen LogP contribution in [0.4, 0.5) is 34.1 Å². The molecule has 1 unspecified atom stereocenters. The molecule has 0 amide bonds. The summed E-state index contributed by atoms with van der Waals surface area (Å²) >= 11 is 0. The number of methoxy groups -OCH3 is 2. The summed E-state index contributed by atoms with van der Waals surface area (Å²) in [4.78, 5) is 4.74. The van der Waals surface area contributed by atoms with E-state index in [-0.39, 0.29) is 0 Å². The van der Waals surface area contributed by atoms with Gasteiger partial charge in [-0.05, 0) is 156 Å². The summed E-state index contributed by atoms with van der Waals surface area (Å²) in [5.74, 6) is 1.61. The first-order valence-corrected chi connectivity index (χ1v) is 22.6. The lowest BCUT2D eigenvalue weighted by atomic mass is 9.61. The van der Waals surface area contributed by atoms with Crippen molar-refractivity contribution in [2.75, 3.05) is 24.0 Å². The van der Waals surface area contributed by atoms with Crippen LogP contribution in [0.25, 0.3) is 39.6 Å². The van der Waals surface area contributed by atoms with Gasteiger partial charge in [0.25, 0.3) is 0 Å². The Morgan fingerprint density at radius 1 is 0.394 bits per heavy atom. The third-order valence-corrected chi connectivity index (χ3v) is 13.7. The zero-order chi connectivity index (χ0) is 44.5. The molecule has 2 heterocycles. The van der Waals surface area contributed by atoms with Crippen molar-refractivity contribution in [2.24, 2.45) is 0 Å². The van der Waals surface area contributed by atoms with Gasteiger partial charge in [-0.15, -0.1) is 0 Å². The van der Waals surface area contributed by atoms with Crippen molar-refractivity contribution in [2.45, 2.75) is 19.3 Å². The number of fused-ring (bicyclic) bond motifs is 11. The Kier molecular flexibility index (Phi) is 9.21. The summed E-state index contributed by atoms with van der Waals surface area (Å²) in [7, 11) is 3.42. The van der Waals surface area contributed by atoms with Crippen molar-refractivity contribution in [3.8, 4) is 17.2 Å². The topological polar surface area (TPSA) is 29.9 Å². The molecule has 9 aromatic carbocycles. The predicted octanol–water partition coefficient (Wildman–Crippen LogP) is 15.5. The maximum absolute atomic E-state index is 5.64. The van der Waals surface area contributed by atoms with Gasteiger partial charge in [0, 0.05) is 44.9 Å². The van der Waals surface area contributed by atoms with Crippen molar-refractivity contribution in [1.29, 1.82) is 0 Å². The lowest BCUT2D eigenvalue weighted by Gasteiger charge is -2.43. The Bertz CT molecular complexity index is 3420. The first-order chi connectivity index (χ1) is 32.4. The first-order valence-electron chi connectivity index (χ1n) is 22.6. The number of rotatable bonds is 8. The molecule has 0 saturated carbocycles. The van der Waals surface area contributed by atoms with E-state index in [1.165, 1.54) is 66.4 Å². The number of aromatic nitrogens is 1. The van der Waals surface area contributed by atoms with Crippen LogP contribution in [0.15, 0.2) is 200 Å². The van der Waals surface area contributed by atoms with Gasteiger partial charge in [0.15, 0.2) is 0 Å². The van der Waals surface area contributed by atoms with E-state index < -0.39 is 5.41 Å². The molecule has 2 aliphatic rings. The highest BCUT2D eigenvalue weighted by Gasteiger charge is 2.48. The third kappa shape index (κ3) is 6.00. The van der Waals surface area contributed by atoms with Crippen LogP contribution in [-0.4, -0.2) is 18.8 Å². The summed E-state index contributed by atoms with van der Waals surface area (Å²) in [5.41, 5.74) is 18.8. The highest BCUT2D eigenvalue weighted by Crippen LogP contribution is 2.58. The van der Waals surface area contributed by atoms with Crippen LogP contribution in [-0.2, 0) is 5.41 Å². The van der Waals surface area contributed by atoms with Gasteiger partial charge in [-0.2, -0.15) is 0 Å². The van der Waals surface area contributed by atoms with E-state index in [0.29, 0.717) is 0 Å². The first kappa shape index (κ1) is 39.3. The largest absolute Gasteiger partial charge is 0.497 e. The van der Waals surface area contributed by atoms with Crippen LogP contribution in [0.2, 0.25) is 0 Å². The second-order valence-corrected chi connectivity index (χ2v) is 17.4. The van der Waals surface area contributed by atoms with E-state index in [1.807, 2.05) is 24.3 Å². The zero-order valence-corrected chi connectivity index (χ0v) is 37.4. The van der Waals surface area contributed by atoms with Crippen LogP contribution >= 0.6 is 0 Å². The average molecular weight is 854 g/mol. The van der Waals surface area contributed by atoms with Gasteiger partial charge in [0.2, 0.25) is 0 Å². The molecule has 1 atom stereocenters. The van der Waals surface area contributed by atoms with Gasteiger partial charge < -0.3 is 23.8 Å². The average Bonchev–Trinajstić information content (AvgIpc) is 3.64. The molecule has 0 saturated heterocycles. The Morgan fingerprint density at radius 3 is 1.36 bits per heavy atom. The van der Waals surface area contributed by atoms with E-state index in [2.05, 4.69) is 216 Å². The van der Waals surface area contributed by atoms with Crippen molar-refractivity contribution >= 4 is 68.1 Å². The fraction of sp³-hybridized carbons (Fsp3) is 0.0820. The summed E-state index contributed by atoms with van der Waals surface area (Å²) in [6.07, 6.45) is 4.65. The molecule has 5 nitrogen and oxygen atoms in total. The van der Waals surface area contributed by atoms with E-state index >= 15 is 0 Å². The van der Waals surface area contributed by atoms with Gasteiger partial charge in [-0.3, -0.25) is 0 Å². The maximum atomic E-state index is 5.64. The van der Waals surface area contributed by atoms with Gasteiger partial charge in [0.05, 0.1) is 36.4 Å². The Morgan fingerprint density at radius 2 is 0.833 bits per heavy atom. The predicted molar refractivity (Wildman–Crippen MR) is 274 cm³/mol. The summed E-state index contributed by atoms with van der Waals surface area (Å²) in [5, 5.41) is 2.48. The van der Waals surface area contributed by atoms with Gasteiger partial charge in [-0.25, -0.2) is 0 Å². The fourth-order valence-corrected chi connectivity index (χ4v) is 10.7. The minimum absolute atomic E-state index is 0.779. The van der Waals surface area contributed by atoms with Crippen molar-refractivity contribution in [3.63, 3.8) is 0 Å². The highest BCUT2D eigenvalue weighted by atomic mass is 16.5. The van der Waals surface area contributed by atoms with Crippen molar-refractivity contribution < 1.29 is 9.47 Å². The number of benzene rings is 9. The zero-order valence-electron chi connectivity index (χ0n) is 37.4. The normalized spacial score (nSPS) is 14.4. The lowest BCUT2D eigenvalue weighted by molar-refractivity contribution is 0.415. The second-order valence-electron chi connectivity index (χ2n) is 17.4. The molecule has 12 rings (SSSR count). The minimum Gasteiger partial charge on any atom is -0.497 e. The maximum Gasteiger partial charge on any atom is 0.119 e. The van der Waals surface area contributed by atoms with Crippen molar-refractivity contribution in [1.82, 2.24) is 4.57 Å². The molecule has 1 aliphatic heterocycles. The number of hydrogen-bond acceptors (Lipinski definition) is 4. The molecule has 0 bridgehead atoms. The molecule has 0 radical (unpaired) electrons. The molecular formula is C61H47N3O2. The summed E-state index contributed by atoms with van der Waals surface area (Å²) < 4.78 is 13.8. The number of hydrogen-bond donors (Lipinski definition) is 0. The van der Waals surface area contributed by atoms with Crippen LogP contribution < -0.4 is 19.3 Å². The summed E-state index contributed by atoms with van der Waals surface area (Å²) in [6, 6.07) is 73.4. The van der Waals surface area contributed by atoms with Crippen LogP contribution in [0, 0.1) is 13.8 Å². The van der Waals surface area contributed by atoms with Gasteiger partial charge in [0.1, 0.15) is 11.5 Å². The number of para-hydroxylation sites is 3. The highest BCUT2D eigenvalue weighted by molar-refractivity contribution is 6.12. The third-order valence-electron chi connectivity index (χ3n) is 13.7. The Hall–Kier alpha value is -8.28. The molecule has 10 aromatic rings. The SMILES string of the molecule is COc1ccc(N(c2ccc(OC)cc2)c2ccc3c(c2)C2(c4cc(N(c5ccc(C)cc5)c5ccc(C)cc5)ccc4C=C3)c3ccccc3-n3c4ccccc4c4cccc2c43)cc1. The number of ether oxygens (including phenoxy) is 2. The molecule has 1 aromatic heterocycles. The summed E-state index contributed by atoms with van der Waals surface area (Å²) in [6.45, 7) is 4.30. The Labute approximate surface area is 385 Å². The lowest BCUT2D eigenvalue weighted by Crippen LogP contribution is -2.36. The molecule has 1 aliphatic carbocycles. The molecule has 1 spiro atoms. The molecule has 0 fully saturated rings. The van der Waals surface area contributed by atoms with Gasteiger partial charge >= 0.3 is 0 Å². The molecular weight excluding hydrogens is 807 g/mol. The smallest absolute Gasteiger partial charge is 0.119 e. The number of anilines is 6. The molecule has 318 valence electrons.